The number of aliphatic imine (C=N–C) groups is 1. The maximum absolute atomic E-state index is 5.75. The number of guanidine groups is 1. The van der Waals surface area contributed by atoms with Crippen LogP contribution in [-0.2, 0) is 0 Å². The molecule has 0 saturated carbocycles. The first-order valence-corrected chi connectivity index (χ1v) is 10.1. The summed E-state index contributed by atoms with van der Waals surface area (Å²) in [7, 11) is 0. The molecule has 1 aromatic rings. The van der Waals surface area contributed by atoms with Crippen molar-refractivity contribution in [1.29, 1.82) is 0 Å². The monoisotopic (exact) mass is 476 g/mol. The van der Waals surface area contributed by atoms with Gasteiger partial charge in [0.1, 0.15) is 5.75 Å². The Morgan fingerprint density at radius 1 is 1.32 bits per heavy atom. The topological polar surface area (TPSA) is 48.9 Å². The fourth-order valence-corrected chi connectivity index (χ4v) is 4.08. The van der Waals surface area contributed by atoms with Crippen molar-refractivity contribution in [3.05, 3.63) is 29.8 Å². The molecule has 0 spiro atoms. The molecule has 1 atom stereocenters. The van der Waals surface area contributed by atoms with Crippen LogP contribution in [0.5, 0.6) is 5.75 Å². The summed E-state index contributed by atoms with van der Waals surface area (Å²) in [6, 6.07) is 8.54. The summed E-state index contributed by atoms with van der Waals surface area (Å²) in [6.45, 7) is 7.99. The van der Waals surface area contributed by atoms with Gasteiger partial charge in [-0.25, -0.2) is 0 Å². The van der Waals surface area contributed by atoms with Crippen molar-refractivity contribution in [3.63, 3.8) is 0 Å². The minimum Gasteiger partial charge on any atom is -0.493 e. The lowest BCUT2D eigenvalue weighted by molar-refractivity contribution is 0.261. The molecule has 1 aromatic carbocycles. The lowest BCUT2D eigenvalue weighted by atomic mass is 10.0. The number of hydrogen-bond acceptors (Lipinski definition) is 4. The number of benzene rings is 1. The average molecular weight is 476 g/mol. The fourth-order valence-electron chi connectivity index (χ4n) is 3.11. The zero-order valence-corrected chi connectivity index (χ0v) is 18.0. The van der Waals surface area contributed by atoms with Crippen LogP contribution < -0.4 is 15.4 Å². The third kappa shape index (κ3) is 6.21. The third-order valence-electron chi connectivity index (χ3n) is 4.40. The minimum absolute atomic E-state index is 0. The second-order valence-corrected chi connectivity index (χ2v) is 7.31. The smallest absolute Gasteiger partial charge is 0.191 e. The van der Waals surface area contributed by atoms with Gasteiger partial charge in [0, 0.05) is 49.7 Å². The molecular weight excluding hydrogens is 447 g/mol. The number of nitrogens with one attached hydrogen (secondary N) is 2. The number of para-hydroxylation sites is 1. The SMILES string of the molecule is CCNC(=NCCN1CCSCC1)NC1CCOc2ccccc21.I. The Labute approximate surface area is 172 Å². The van der Waals surface area contributed by atoms with Crippen LogP contribution >= 0.6 is 35.7 Å². The summed E-state index contributed by atoms with van der Waals surface area (Å²) in [5, 5.41) is 6.96. The van der Waals surface area contributed by atoms with E-state index in [1.54, 1.807) is 0 Å². The molecular formula is C18H29IN4OS. The van der Waals surface area contributed by atoms with Crippen LogP contribution in [0, 0.1) is 0 Å². The van der Waals surface area contributed by atoms with Crippen LogP contribution in [0.2, 0.25) is 0 Å². The van der Waals surface area contributed by atoms with Gasteiger partial charge in [-0.15, -0.1) is 24.0 Å². The van der Waals surface area contributed by atoms with E-state index in [4.69, 9.17) is 9.73 Å². The van der Waals surface area contributed by atoms with E-state index < -0.39 is 0 Å². The number of nitrogens with zero attached hydrogens (tertiary/aromatic N) is 2. The molecule has 2 N–H and O–H groups in total. The third-order valence-corrected chi connectivity index (χ3v) is 5.35. The van der Waals surface area contributed by atoms with Gasteiger partial charge in [-0.2, -0.15) is 11.8 Å². The summed E-state index contributed by atoms with van der Waals surface area (Å²) < 4.78 is 5.75. The van der Waals surface area contributed by atoms with Crippen LogP contribution in [0.15, 0.2) is 29.3 Å². The van der Waals surface area contributed by atoms with E-state index in [1.165, 1.54) is 30.2 Å². The van der Waals surface area contributed by atoms with E-state index in [1.807, 2.05) is 23.9 Å². The largest absolute Gasteiger partial charge is 0.493 e. The molecule has 2 aliphatic heterocycles. The maximum Gasteiger partial charge on any atom is 0.191 e. The lowest BCUT2D eigenvalue weighted by Gasteiger charge is -2.28. The van der Waals surface area contributed by atoms with Gasteiger partial charge >= 0.3 is 0 Å². The number of halogens is 1. The molecule has 7 heteroatoms. The van der Waals surface area contributed by atoms with E-state index >= 15 is 0 Å². The van der Waals surface area contributed by atoms with E-state index in [-0.39, 0.29) is 30.0 Å². The highest BCUT2D eigenvalue weighted by Gasteiger charge is 2.21. The molecule has 3 rings (SSSR count). The molecule has 2 aliphatic rings. The lowest BCUT2D eigenvalue weighted by Crippen LogP contribution is -2.42. The van der Waals surface area contributed by atoms with Crippen molar-refractivity contribution < 1.29 is 4.74 Å². The highest BCUT2D eigenvalue weighted by Crippen LogP contribution is 2.31. The van der Waals surface area contributed by atoms with E-state index in [2.05, 4.69) is 34.6 Å². The van der Waals surface area contributed by atoms with Gasteiger partial charge in [0.2, 0.25) is 0 Å². The van der Waals surface area contributed by atoms with E-state index in [0.29, 0.717) is 0 Å². The molecule has 1 saturated heterocycles. The number of thioether (sulfide) groups is 1. The number of rotatable bonds is 5. The standard InChI is InChI=1S/C18H28N4OS.HI/c1-2-19-18(20-8-9-22-10-13-24-14-11-22)21-16-7-12-23-17-6-4-3-5-15(16)17;/h3-6,16H,2,7-14H2,1H3,(H2,19,20,21);1H. The van der Waals surface area contributed by atoms with Crippen molar-refractivity contribution in [2.45, 2.75) is 19.4 Å². The quantitative estimate of drug-likeness (QED) is 0.389. The van der Waals surface area contributed by atoms with Crippen molar-refractivity contribution >= 4 is 41.7 Å². The zero-order chi connectivity index (χ0) is 16.6. The van der Waals surface area contributed by atoms with Gasteiger partial charge in [-0.1, -0.05) is 18.2 Å². The Balaban J connectivity index is 0.00000225. The van der Waals surface area contributed by atoms with Gasteiger partial charge in [0.15, 0.2) is 5.96 Å². The van der Waals surface area contributed by atoms with Gasteiger partial charge in [0.05, 0.1) is 19.2 Å². The fraction of sp³-hybridized carbons (Fsp3) is 0.611. The summed E-state index contributed by atoms with van der Waals surface area (Å²) in [5.74, 6) is 4.40. The second-order valence-electron chi connectivity index (χ2n) is 6.09. The van der Waals surface area contributed by atoms with Crippen molar-refractivity contribution in [3.8, 4) is 5.75 Å². The molecule has 1 fully saturated rings. The van der Waals surface area contributed by atoms with Gasteiger partial charge in [-0.3, -0.25) is 9.89 Å². The summed E-state index contributed by atoms with van der Waals surface area (Å²) >= 11 is 2.05. The first kappa shape index (κ1) is 20.6. The van der Waals surface area contributed by atoms with Crippen LogP contribution in [0.1, 0.15) is 24.9 Å². The van der Waals surface area contributed by atoms with E-state index in [9.17, 15) is 0 Å². The molecule has 0 aliphatic carbocycles. The van der Waals surface area contributed by atoms with Crippen LogP contribution in [-0.4, -0.2) is 61.7 Å². The average Bonchev–Trinajstić information content (AvgIpc) is 2.63. The molecule has 0 bridgehead atoms. The molecule has 140 valence electrons. The molecule has 0 aromatic heterocycles. The first-order valence-electron chi connectivity index (χ1n) is 8.93. The molecule has 0 radical (unpaired) electrons. The van der Waals surface area contributed by atoms with Crippen molar-refractivity contribution in [1.82, 2.24) is 15.5 Å². The number of fused-ring (bicyclic) bond motifs is 1. The summed E-state index contributed by atoms with van der Waals surface area (Å²) in [6.07, 6.45) is 0.963. The summed E-state index contributed by atoms with van der Waals surface area (Å²) in [5.41, 5.74) is 1.22. The molecule has 5 nitrogen and oxygen atoms in total. The Bertz CT molecular complexity index is 552. The number of hydrogen-bond donors (Lipinski definition) is 2. The molecule has 1 unspecified atom stereocenters. The Morgan fingerprint density at radius 2 is 2.12 bits per heavy atom. The summed E-state index contributed by atoms with van der Waals surface area (Å²) in [4.78, 5) is 7.29. The molecule has 2 heterocycles. The normalized spacial score (nSPS) is 20.8. The van der Waals surface area contributed by atoms with Crippen molar-refractivity contribution in [2.75, 3.05) is 50.8 Å². The number of ether oxygens (including phenoxy) is 1. The van der Waals surface area contributed by atoms with Gasteiger partial charge < -0.3 is 15.4 Å². The van der Waals surface area contributed by atoms with Crippen LogP contribution in [0.25, 0.3) is 0 Å². The van der Waals surface area contributed by atoms with Gasteiger partial charge in [0.25, 0.3) is 0 Å². The second kappa shape index (κ2) is 11.1. The predicted molar refractivity (Wildman–Crippen MR) is 118 cm³/mol. The van der Waals surface area contributed by atoms with Crippen LogP contribution in [0.4, 0.5) is 0 Å². The Kier molecular flexibility index (Phi) is 9.19. The highest BCUT2D eigenvalue weighted by atomic mass is 127. The van der Waals surface area contributed by atoms with Crippen molar-refractivity contribution in [2.24, 2.45) is 4.99 Å². The maximum atomic E-state index is 5.75. The van der Waals surface area contributed by atoms with E-state index in [0.717, 1.165) is 44.4 Å². The first-order chi connectivity index (χ1) is 11.9. The Hall–Kier alpha value is -0.670. The zero-order valence-electron chi connectivity index (χ0n) is 14.9. The molecule has 25 heavy (non-hydrogen) atoms. The Morgan fingerprint density at radius 3 is 2.92 bits per heavy atom. The van der Waals surface area contributed by atoms with Gasteiger partial charge in [-0.05, 0) is 13.0 Å². The van der Waals surface area contributed by atoms with Crippen LogP contribution in [0.3, 0.4) is 0 Å². The molecule has 0 amide bonds. The predicted octanol–water partition coefficient (Wildman–Crippen LogP) is 2.73. The highest BCUT2D eigenvalue weighted by molar-refractivity contribution is 14.0. The minimum atomic E-state index is 0.